The van der Waals surface area contributed by atoms with Gasteiger partial charge < -0.3 is 14.9 Å². The zero-order valence-corrected chi connectivity index (χ0v) is 27.1. The van der Waals surface area contributed by atoms with E-state index < -0.39 is 11.8 Å². The minimum atomic E-state index is -0.443. The molecule has 2 N–H and O–H groups in total. The first-order valence-electron chi connectivity index (χ1n) is 16.6. The average Bonchev–Trinajstić information content (AvgIpc) is 3.62. The molecule has 0 bridgehead atoms. The van der Waals surface area contributed by atoms with Crippen molar-refractivity contribution in [2.45, 2.75) is 50.8 Å². The number of pyridine rings is 1. The van der Waals surface area contributed by atoms with Crippen molar-refractivity contribution in [3.05, 3.63) is 106 Å². The molecule has 0 spiro atoms. The second-order valence-corrected chi connectivity index (χ2v) is 13.6. The Morgan fingerprint density at radius 1 is 1.00 bits per heavy atom. The van der Waals surface area contributed by atoms with Crippen molar-refractivity contribution in [2.24, 2.45) is 17.8 Å². The van der Waals surface area contributed by atoms with Crippen LogP contribution in [-0.4, -0.2) is 75.3 Å². The molecule has 4 aliphatic rings. The SMILES string of the molecule is O=C1[C@@H]2[C@@H](CC(CO)=C3[C@@H](CC/C(=C/c4ccc(O)cc4Cl)c4ccccn4)OC[C@@H]32)C(=O)N1C1CCN(Cc2ccccc2)CC1. The average molecular weight is 654 g/mol. The van der Waals surface area contributed by atoms with E-state index in [1.807, 2.05) is 30.3 Å². The first kappa shape index (κ1) is 31.8. The van der Waals surface area contributed by atoms with Gasteiger partial charge in [-0.2, -0.15) is 0 Å². The van der Waals surface area contributed by atoms with E-state index in [4.69, 9.17) is 16.3 Å². The maximum absolute atomic E-state index is 14.1. The van der Waals surface area contributed by atoms with Gasteiger partial charge in [0.2, 0.25) is 11.8 Å². The predicted octanol–water partition coefficient (Wildman–Crippen LogP) is 5.73. The number of aromatic hydroxyl groups is 1. The zero-order valence-electron chi connectivity index (χ0n) is 26.3. The van der Waals surface area contributed by atoms with Gasteiger partial charge in [0.25, 0.3) is 0 Å². The standard InChI is InChI=1S/C38H40ClN3O5/c39-32-20-29(44)11-9-25(32)18-26(33-8-4-5-15-40-33)10-12-34-35-27(22-43)19-30-36(31(35)23-47-34)38(46)42(37(30)45)28-13-16-41(17-14-28)21-24-6-2-1-3-7-24/h1-9,11,15,18,20,28,30-31,34,36,43-44H,10,12-14,16-17,19,21-23H2/b26-18-/t30-,31+,34-,36-/m1/s1. The van der Waals surface area contributed by atoms with Gasteiger partial charge in [-0.15, -0.1) is 0 Å². The Labute approximate surface area is 280 Å². The lowest BCUT2D eigenvalue weighted by Gasteiger charge is -2.36. The number of phenols is 1. The number of fused-ring (bicyclic) bond motifs is 3. The molecule has 4 heterocycles. The summed E-state index contributed by atoms with van der Waals surface area (Å²) < 4.78 is 6.39. The zero-order chi connectivity index (χ0) is 32.5. The fraction of sp³-hybridized carbons (Fsp3) is 0.395. The normalized spacial score (nSPS) is 25.4. The van der Waals surface area contributed by atoms with Crippen LogP contribution in [0.1, 0.15) is 48.9 Å². The highest BCUT2D eigenvalue weighted by Crippen LogP contribution is 2.50. The summed E-state index contributed by atoms with van der Waals surface area (Å²) in [6, 6.07) is 20.9. The maximum atomic E-state index is 14.1. The van der Waals surface area contributed by atoms with Crippen molar-refractivity contribution in [1.82, 2.24) is 14.8 Å². The van der Waals surface area contributed by atoms with Crippen molar-refractivity contribution in [3.8, 4) is 5.75 Å². The van der Waals surface area contributed by atoms with Gasteiger partial charge in [-0.05, 0) is 96.4 Å². The lowest BCUT2D eigenvalue weighted by atomic mass is 9.69. The molecule has 3 aromatic rings. The number of allylic oxidation sites excluding steroid dienone is 1. The van der Waals surface area contributed by atoms with Crippen LogP contribution in [0.5, 0.6) is 5.75 Å². The Kier molecular flexibility index (Phi) is 9.28. The molecule has 0 saturated carbocycles. The van der Waals surface area contributed by atoms with Gasteiger partial charge in [-0.1, -0.05) is 48.0 Å². The summed E-state index contributed by atoms with van der Waals surface area (Å²) in [5, 5.41) is 20.8. The molecule has 7 rings (SSSR count). The first-order valence-corrected chi connectivity index (χ1v) is 17.0. The second kappa shape index (κ2) is 13.7. The number of halogens is 1. The van der Waals surface area contributed by atoms with E-state index in [9.17, 15) is 19.8 Å². The third-order valence-electron chi connectivity index (χ3n) is 10.4. The Bertz CT molecular complexity index is 1690. The monoisotopic (exact) mass is 653 g/mol. The number of likely N-dealkylation sites (tertiary alicyclic amines) is 2. The topological polar surface area (TPSA) is 103 Å². The summed E-state index contributed by atoms with van der Waals surface area (Å²) in [5.41, 5.74) is 5.65. The molecular formula is C38H40ClN3O5. The van der Waals surface area contributed by atoms with E-state index in [1.165, 1.54) is 11.6 Å². The van der Waals surface area contributed by atoms with Crippen LogP contribution in [0.15, 0.2) is 84.1 Å². The number of hydrogen-bond donors (Lipinski definition) is 2. The fourth-order valence-corrected chi connectivity index (χ4v) is 8.34. The molecule has 0 unspecified atom stereocenters. The lowest BCUT2D eigenvalue weighted by molar-refractivity contribution is -0.144. The molecule has 47 heavy (non-hydrogen) atoms. The van der Waals surface area contributed by atoms with E-state index in [0.29, 0.717) is 30.9 Å². The lowest BCUT2D eigenvalue weighted by Crippen LogP contribution is -2.47. The quantitative estimate of drug-likeness (QED) is 0.224. The Morgan fingerprint density at radius 2 is 1.79 bits per heavy atom. The number of phenolic OH excluding ortho intramolecular Hbond substituents is 1. The molecule has 3 aliphatic heterocycles. The molecule has 244 valence electrons. The van der Waals surface area contributed by atoms with Crippen LogP contribution in [0, 0.1) is 17.8 Å². The predicted molar refractivity (Wildman–Crippen MR) is 180 cm³/mol. The molecular weight excluding hydrogens is 614 g/mol. The second-order valence-electron chi connectivity index (χ2n) is 13.2. The number of nitrogens with zero attached hydrogens (tertiary/aromatic N) is 3. The van der Waals surface area contributed by atoms with Crippen molar-refractivity contribution < 1.29 is 24.5 Å². The third-order valence-corrected chi connectivity index (χ3v) is 10.7. The van der Waals surface area contributed by atoms with Gasteiger partial charge in [0.05, 0.1) is 41.9 Å². The molecule has 0 radical (unpaired) electrons. The number of piperidine rings is 1. The van der Waals surface area contributed by atoms with Crippen LogP contribution in [0.2, 0.25) is 5.02 Å². The van der Waals surface area contributed by atoms with Crippen LogP contribution < -0.4 is 0 Å². The number of benzene rings is 2. The number of ether oxygens (including phenoxy) is 1. The fourth-order valence-electron chi connectivity index (χ4n) is 8.11. The molecule has 2 amide bonds. The smallest absolute Gasteiger partial charge is 0.234 e. The summed E-state index contributed by atoms with van der Waals surface area (Å²) in [7, 11) is 0. The van der Waals surface area contributed by atoms with Gasteiger partial charge in [-0.3, -0.25) is 24.4 Å². The summed E-state index contributed by atoms with van der Waals surface area (Å²) in [6.45, 7) is 2.76. The van der Waals surface area contributed by atoms with E-state index in [1.54, 1.807) is 23.2 Å². The summed E-state index contributed by atoms with van der Waals surface area (Å²) >= 11 is 6.45. The van der Waals surface area contributed by atoms with E-state index >= 15 is 0 Å². The van der Waals surface area contributed by atoms with Crippen molar-refractivity contribution in [3.63, 3.8) is 0 Å². The molecule has 1 aromatic heterocycles. The van der Waals surface area contributed by atoms with Crippen molar-refractivity contribution >= 4 is 35.1 Å². The number of aliphatic hydroxyl groups excluding tert-OH is 1. The Morgan fingerprint density at radius 3 is 2.51 bits per heavy atom. The minimum Gasteiger partial charge on any atom is -0.508 e. The first-order chi connectivity index (χ1) is 22.9. The number of rotatable bonds is 9. The Balaban J connectivity index is 1.06. The van der Waals surface area contributed by atoms with Gasteiger partial charge in [0, 0.05) is 37.8 Å². The highest BCUT2D eigenvalue weighted by molar-refractivity contribution is 6.32. The molecule has 3 saturated heterocycles. The van der Waals surface area contributed by atoms with E-state index in [0.717, 1.165) is 60.5 Å². The van der Waals surface area contributed by atoms with Crippen molar-refractivity contribution in [1.29, 1.82) is 0 Å². The molecule has 4 atom stereocenters. The number of carbonyl (C=O) groups is 2. The molecule has 8 nitrogen and oxygen atoms in total. The number of carbonyl (C=O) groups excluding carboxylic acids is 2. The Hall–Kier alpha value is -3.82. The van der Waals surface area contributed by atoms with Crippen LogP contribution >= 0.6 is 11.6 Å². The van der Waals surface area contributed by atoms with Crippen LogP contribution in [0.4, 0.5) is 0 Å². The molecule has 3 fully saturated rings. The largest absolute Gasteiger partial charge is 0.508 e. The van der Waals surface area contributed by atoms with Crippen molar-refractivity contribution in [2.75, 3.05) is 26.3 Å². The number of imide groups is 1. The van der Waals surface area contributed by atoms with Crippen LogP contribution in [0.3, 0.4) is 0 Å². The van der Waals surface area contributed by atoms with Crippen LogP contribution in [0.25, 0.3) is 11.6 Å². The molecule has 2 aromatic carbocycles. The summed E-state index contributed by atoms with van der Waals surface area (Å²) in [4.78, 5) is 36.5. The van der Waals surface area contributed by atoms with Gasteiger partial charge in [-0.25, -0.2) is 0 Å². The third kappa shape index (κ3) is 6.40. The van der Waals surface area contributed by atoms with Crippen LogP contribution in [-0.2, 0) is 20.9 Å². The number of hydrogen-bond acceptors (Lipinski definition) is 7. The summed E-state index contributed by atoms with van der Waals surface area (Å²) in [5.74, 6) is -1.15. The number of aromatic nitrogens is 1. The van der Waals surface area contributed by atoms with E-state index in [-0.39, 0.29) is 42.2 Å². The van der Waals surface area contributed by atoms with Gasteiger partial charge in [0.15, 0.2) is 0 Å². The minimum absolute atomic E-state index is 0.0682. The highest BCUT2D eigenvalue weighted by atomic mass is 35.5. The highest BCUT2D eigenvalue weighted by Gasteiger charge is 2.58. The number of amides is 2. The van der Waals surface area contributed by atoms with Gasteiger partial charge >= 0.3 is 0 Å². The maximum Gasteiger partial charge on any atom is 0.234 e. The molecule has 9 heteroatoms. The van der Waals surface area contributed by atoms with Gasteiger partial charge in [0.1, 0.15) is 5.75 Å². The van der Waals surface area contributed by atoms with E-state index in [2.05, 4.69) is 34.1 Å². The molecule has 1 aliphatic carbocycles. The summed E-state index contributed by atoms with van der Waals surface area (Å²) in [6.07, 6.45) is 6.63. The number of aliphatic hydroxyl groups is 1.